The van der Waals surface area contributed by atoms with Gasteiger partial charge in [-0.2, -0.15) is 0 Å². The molecule has 1 heterocycles. The molecule has 0 saturated carbocycles. The summed E-state index contributed by atoms with van der Waals surface area (Å²) in [7, 11) is 2.16. The molecule has 0 N–H and O–H groups in total. The van der Waals surface area contributed by atoms with E-state index in [0.29, 0.717) is 12.1 Å². The second-order valence-electron chi connectivity index (χ2n) is 3.82. The Morgan fingerprint density at radius 3 is 2.55 bits per heavy atom. The molecule has 2 heteroatoms. The van der Waals surface area contributed by atoms with Crippen molar-refractivity contribution >= 4 is 0 Å². The van der Waals surface area contributed by atoms with Crippen LogP contribution in [0, 0.1) is 5.92 Å². The highest BCUT2D eigenvalue weighted by molar-refractivity contribution is 4.85. The zero-order chi connectivity index (χ0) is 8.43. The normalized spacial score (nSPS) is 32.5. The van der Waals surface area contributed by atoms with Crippen molar-refractivity contribution in [3.05, 3.63) is 0 Å². The number of likely N-dealkylation sites (tertiary alicyclic amines) is 1. The lowest BCUT2D eigenvalue weighted by atomic mass is 9.92. The van der Waals surface area contributed by atoms with Crippen LogP contribution >= 0.6 is 0 Å². The standard InChI is InChI=1S/C9H19NO/c1-7(2)11-6-9-5-10(4)8(9)3/h7-9H,5-6H2,1-4H3. The maximum absolute atomic E-state index is 5.54. The Bertz CT molecular complexity index is 125. The van der Waals surface area contributed by atoms with Gasteiger partial charge >= 0.3 is 0 Å². The molecule has 1 saturated heterocycles. The summed E-state index contributed by atoms with van der Waals surface area (Å²) >= 11 is 0. The number of ether oxygens (including phenoxy) is 1. The Morgan fingerprint density at radius 1 is 1.55 bits per heavy atom. The molecule has 0 aromatic carbocycles. The van der Waals surface area contributed by atoms with Gasteiger partial charge in [0.05, 0.1) is 12.7 Å². The fourth-order valence-corrected chi connectivity index (χ4v) is 1.42. The fraction of sp³-hybridized carbons (Fsp3) is 1.00. The van der Waals surface area contributed by atoms with Gasteiger partial charge in [0, 0.05) is 18.5 Å². The molecule has 2 atom stereocenters. The van der Waals surface area contributed by atoms with Crippen molar-refractivity contribution in [3.63, 3.8) is 0 Å². The van der Waals surface area contributed by atoms with Gasteiger partial charge in [-0.15, -0.1) is 0 Å². The smallest absolute Gasteiger partial charge is 0.0524 e. The van der Waals surface area contributed by atoms with E-state index in [1.54, 1.807) is 0 Å². The maximum atomic E-state index is 5.54. The van der Waals surface area contributed by atoms with Gasteiger partial charge in [0.2, 0.25) is 0 Å². The Morgan fingerprint density at radius 2 is 2.18 bits per heavy atom. The minimum Gasteiger partial charge on any atom is -0.378 e. The second kappa shape index (κ2) is 3.55. The van der Waals surface area contributed by atoms with Gasteiger partial charge in [-0.3, -0.25) is 0 Å². The quantitative estimate of drug-likeness (QED) is 0.613. The van der Waals surface area contributed by atoms with Crippen LogP contribution in [0.1, 0.15) is 20.8 Å². The van der Waals surface area contributed by atoms with Crippen molar-refractivity contribution in [2.45, 2.75) is 32.9 Å². The van der Waals surface area contributed by atoms with Crippen LogP contribution in [-0.2, 0) is 4.74 Å². The Hall–Kier alpha value is -0.0800. The minimum atomic E-state index is 0.383. The molecule has 1 fully saturated rings. The van der Waals surface area contributed by atoms with Crippen molar-refractivity contribution in [1.82, 2.24) is 4.90 Å². The van der Waals surface area contributed by atoms with Crippen LogP contribution in [0.4, 0.5) is 0 Å². The summed E-state index contributed by atoms with van der Waals surface area (Å²) in [4.78, 5) is 2.36. The molecule has 0 radical (unpaired) electrons. The molecule has 0 aliphatic carbocycles. The highest BCUT2D eigenvalue weighted by Crippen LogP contribution is 2.22. The average Bonchev–Trinajstić information content (AvgIpc) is 1.96. The Balaban J connectivity index is 2.10. The Labute approximate surface area is 69.5 Å². The van der Waals surface area contributed by atoms with Crippen molar-refractivity contribution < 1.29 is 4.74 Å². The topological polar surface area (TPSA) is 12.5 Å². The lowest BCUT2D eigenvalue weighted by Gasteiger charge is -2.44. The predicted octanol–water partition coefficient (Wildman–Crippen LogP) is 1.36. The molecule has 0 aromatic rings. The van der Waals surface area contributed by atoms with Crippen LogP contribution in [0.25, 0.3) is 0 Å². The summed E-state index contributed by atoms with van der Waals surface area (Å²) in [6.07, 6.45) is 0.383. The number of hydrogen-bond acceptors (Lipinski definition) is 2. The Kier molecular flexibility index (Phi) is 2.90. The van der Waals surface area contributed by atoms with E-state index in [9.17, 15) is 0 Å². The van der Waals surface area contributed by atoms with Crippen LogP contribution in [-0.4, -0.2) is 37.2 Å². The van der Waals surface area contributed by atoms with Crippen LogP contribution in [0.5, 0.6) is 0 Å². The van der Waals surface area contributed by atoms with Crippen molar-refractivity contribution in [1.29, 1.82) is 0 Å². The fourth-order valence-electron chi connectivity index (χ4n) is 1.42. The molecule has 1 aliphatic heterocycles. The molecule has 1 rings (SSSR count). The average molecular weight is 157 g/mol. The van der Waals surface area contributed by atoms with E-state index in [4.69, 9.17) is 4.74 Å². The third-order valence-corrected chi connectivity index (χ3v) is 2.54. The van der Waals surface area contributed by atoms with Crippen LogP contribution in [0.3, 0.4) is 0 Å². The zero-order valence-corrected chi connectivity index (χ0v) is 8.00. The zero-order valence-electron chi connectivity index (χ0n) is 8.00. The van der Waals surface area contributed by atoms with E-state index < -0.39 is 0 Å². The van der Waals surface area contributed by atoms with E-state index in [0.717, 1.165) is 12.5 Å². The largest absolute Gasteiger partial charge is 0.378 e. The molecule has 1 aliphatic rings. The van der Waals surface area contributed by atoms with Crippen LogP contribution in [0.15, 0.2) is 0 Å². The molecule has 0 bridgehead atoms. The molecule has 66 valence electrons. The first kappa shape index (κ1) is 9.01. The van der Waals surface area contributed by atoms with Crippen molar-refractivity contribution in [2.75, 3.05) is 20.2 Å². The summed E-state index contributed by atoms with van der Waals surface area (Å²) in [5.41, 5.74) is 0. The first-order valence-corrected chi connectivity index (χ1v) is 4.43. The van der Waals surface area contributed by atoms with E-state index >= 15 is 0 Å². The SMILES string of the molecule is CC(C)OCC1CN(C)C1C. The number of rotatable bonds is 3. The third kappa shape index (κ3) is 2.17. The minimum absolute atomic E-state index is 0.383. The van der Waals surface area contributed by atoms with Gasteiger partial charge in [0.15, 0.2) is 0 Å². The maximum Gasteiger partial charge on any atom is 0.0524 e. The number of nitrogens with zero attached hydrogens (tertiary/aromatic N) is 1. The highest BCUT2D eigenvalue weighted by Gasteiger charge is 2.32. The third-order valence-electron chi connectivity index (χ3n) is 2.54. The van der Waals surface area contributed by atoms with Gasteiger partial charge in [-0.1, -0.05) is 0 Å². The summed E-state index contributed by atoms with van der Waals surface area (Å²) in [5.74, 6) is 0.766. The summed E-state index contributed by atoms with van der Waals surface area (Å²) < 4.78 is 5.54. The molecular formula is C9H19NO. The van der Waals surface area contributed by atoms with Gasteiger partial charge in [-0.05, 0) is 27.8 Å². The molecule has 2 unspecified atom stereocenters. The van der Waals surface area contributed by atoms with Crippen LogP contribution < -0.4 is 0 Å². The van der Waals surface area contributed by atoms with Crippen molar-refractivity contribution in [3.8, 4) is 0 Å². The molecule has 0 spiro atoms. The first-order valence-electron chi connectivity index (χ1n) is 4.43. The number of hydrogen-bond donors (Lipinski definition) is 0. The molecule has 0 aromatic heterocycles. The van der Waals surface area contributed by atoms with Gasteiger partial charge in [-0.25, -0.2) is 0 Å². The van der Waals surface area contributed by atoms with E-state index in [2.05, 4.69) is 32.7 Å². The monoisotopic (exact) mass is 157 g/mol. The van der Waals surface area contributed by atoms with Gasteiger partial charge in [0.25, 0.3) is 0 Å². The second-order valence-corrected chi connectivity index (χ2v) is 3.82. The van der Waals surface area contributed by atoms with E-state index in [-0.39, 0.29) is 0 Å². The first-order chi connectivity index (χ1) is 5.11. The molecular weight excluding hydrogens is 138 g/mol. The summed E-state index contributed by atoms with van der Waals surface area (Å²) in [6, 6.07) is 0.716. The van der Waals surface area contributed by atoms with Crippen LogP contribution in [0.2, 0.25) is 0 Å². The van der Waals surface area contributed by atoms with E-state index in [1.807, 2.05) is 0 Å². The summed E-state index contributed by atoms with van der Waals surface area (Å²) in [6.45, 7) is 8.58. The van der Waals surface area contributed by atoms with E-state index in [1.165, 1.54) is 6.54 Å². The lowest BCUT2D eigenvalue weighted by molar-refractivity contribution is -0.0341. The lowest BCUT2D eigenvalue weighted by Crippen LogP contribution is -2.54. The van der Waals surface area contributed by atoms with Gasteiger partial charge < -0.3 is 9.64 Å². The van der Waals surface area contributed by atoms with Gasteiger partial charge in [0.1, 0.15) is 0 Å². The molecule has 11 heavy (non-hydrogen) atoms. The predicted molar refractivity (Wildman–Crippen MR) is 46.7 cm³/mol. The molecule has 2 nitrogen and oxygen atoms in total. The van der Waals surface area contributed by atoms with Crippen molar-refractivity contribution in [2.24, 2.45) is 5.92 Å². The molecule has 0 amide bonds. The highest BCUT2D eigenvalue weighted by atomic mass is 16.5. The summed E-state index contributed by atoms with van der Waals surface area (Å²) in [5, 5.41) is 0.